The van der Waals surface area contributed by atoms with E-state index in [2.05, 4.69) is 10.1 Å². The summed E-state index contributed by atoms with van der Waals surface area (Å²) in [5, 5.41) is 11.5. The lowest BCUT2D eigenvalue weighted by atomic mass is 10.3. The highest BCUT2D eigenvalue weighted by Gasteiger charge is 2.14. The van der Waals surface area contributed by atoms with Gasteiger partial charge in [-0.05, 0) is 6.92 Å². The van der Waals surface area contributed by atoms with Crippen LogP contribution in [-0.2, 0) is 4.74 Å². The van der Waals surface area contributed by atoms with E-state index < -0.39 is 18.6 Å². The Kier molecular flexibility index (Phi) is 6.14. The molecule has 0 aromatic carbocycles. The van der Waals surface area contributed by atoms with Gasteiger partial charge in [0.2, 0.25) is 0 Å². The molecule has 12 heavy (non-hydrogen) atoms. The Bertz CT molecular complexity index is 114. The molecule has 0 aliphatic heterocycles. The molecule has 0 heterocycles. The van der Waals surface area contributed by atoms with Crippen LogP contribution in [0.2, 0.25) is 0 Å². The number of ether oxygens (including phenoxy) is 1. The van der Waals surface area contributed by atoms with Gasteiger partial charge in [-0.25, -0.2) is 8.78 Å². The quantitative estimate of drug-likeness (QED) is 0.619. The molecule has 74 valence electrons. The van der Waals surface area contributed by atoms with Gasteiger partial charge in [-0.15, -0.1) is 0 Å². The molecular weight excluding hydrogens is 168 g/mol. The van der Waals surface area contributed by atoms with Gasteiger partial charge in [-0.1, -0.05) is 0 Å². The Labute approximate surface area is 70.7 Å². The van der Waals surface area contributed by atoms with Gasteiger partial charge >= 0.3 is 0 Å². The van der Waals surface area contributed by atoms with Gasteiger partial charge in [-0.2, -0.15) is 0 Å². The number of hydrogen-bond acceptors (Lipinski definition) is 3. The molecule has 0 fully saturated rings. The maximum Gasteiger partial charge on any atom is 0.253 e. The molecule has 0 aromatic heterocycles. The summed E-state index contributed by atoms with van der Waals surface area (Å²) < 4.78 is 28.4. The van der Waals surface area contributed by atoms with Crippen molar-refractivity contribution in [1.29, 1.82) is 0 Å². The van der Waals surface area contributed by atoms with Gasteiger partial charge in [-0.3, -0.25) is 0 Å². The molecule has 0 aliphatic carbocycles. The average Bonchev–Trinajstić information content (AvgIpc) is 2.00. The van der Waals surface area contributed by atoms with Crippen LogP contribution < -0.4 is 5.32 Å². The number of hydrogen-bond donors (Lipinski definition) is 2. The van der Waals surface area contributed by atoms with Crippen LogP contribution in [0.3, 0.4) is 0 Å². The number of aliphatic hydroxyl groups excluding tert-OH is 1. The molecule has 0 amide bonds. The summed E-state index contributed by atoms with van der Waals surface area (Å²) >= 11 is 0. The molecule has 0 bridgehead atoms. The second-order valence-electron chi connectivity index (χ2n) is 2.64. The standard InChI is InChI=1S/C7H15F2NO2/c1-5(7(8)9)10-3-6(11)4-12-2/h5-7,10-11H,3-4H2,1-2H3. The number of aliphatic hydroxyl groups is 1. The molecule has 5 heteroatoms. The first-order valence-electron chi connectivity index (χ1n) is 3.76. The molecule has 0 saturated heterocycles. The number of nitrogens with one attached hydrogen (secondary N) is 1. The van der Waals surface area contributed by atoms with E-state index in [1.165, 1.54) is 14.0 Å². The first-order chi connectivity index (χ1) is 5.57. The Balaban J connectivity index is 3.40. The van der Waals surface area contributed by atoms with E-state index in [9.17, 15) is 8.78 Å². The van der Waals surface area contributed by atoms with Crippen molar-refractivity contribution < 1.29 is 18.6 Å². The molecule has 2 atom stereocenters. The summed E-state index contributed by atoms with van der Waals surface area (Å²) in [5.41, 5.74) is 0. The van der Waals surface area contributed by atoms with Crippen molar-refractivity contribution >= 4 is 0 Å². The van der Waals surface area contributed by atoms with E-state index >= 15 is 0 Å². The summed E-state index contributed by atoms with van der Waals surface area (Å²) in [4.78, 5) is 0. The van der Waals surface area contributed by atoms with Crippen LogP contribution in [0.5, 0.6) is 0 Å². The highest BCUT2D eigenvalue weighted by molar-refractivity contribution is 4.66. The first-order valence-corrected chi connectivity index (χ1v) is 3.76. The van der Waals surface area contributed by atoms with Gasteiger partial charge in [0.25, 0.3) is 6.43 Å². The zero-order valence-electron chi connectivity index (χ0n) is 7.26. The molecule has 0 saturated carbocycles. The van der Waals surface area contributed by atoms with E-state index in [0.29, 0.717) is 0 Å². The zero-order valence-corrected chi connectivity index (χ0v) is 7.26. The van der Waals surface area contributed by atoms with Crippen LogP contribution in [0.1, 0.15) is 6.92 Å². The van der Waals surface area contributed by atoms with Gasteiger partial charge in [0.15, 0.2) is 0 Å². The average molecular weight is 183 g/mol. The minimum absolute atomic E-state index is 0.124. The molecule has 2 unspecified atom stereocenters. The van der Waals surface area contributed by atoms with E-state index in [1.54, 1.807) is 0 Å². The molecule has 0 rings (SSSR count). The van der Waals surface area contributed by atoms with Crippen molar-refractivity contribution in [3.63, 3.8) is 0 Å². The van der Waals surface area contributed by atoms with Crippen LogP contribution in [0.4, 0.5) is 8.78 Å². The molecular formula is C7H15F2NO2. The summed E-state index contributed by atoms with van der Waals surface area (Å²) in [6.07, 6.45) is -3.13. The molecule has 0 radical (unpaired) electrons. The van der Waals surface area contributed by atoms with Gasteiger partial charge < -0.3 is 15.2 Å². The molecule has 0 aromatic rings. The number of rotatable bonds is 6. The third kappa shape index (κ3) is 5.40. The SMILES string of the molecule is COCC(O)CNC(C)C(F)F. The summed E-state index contributed by atoms with van der Waals surface area (Å²) in [7, 11) is 1.44. The fourth-order valence-corrected chi connectivity index (χ4v) is 0.662. The Morgan fingerprint density at radius 3 is 2.50 bits per heavy atom. The van der Waals surface area contributed by atoms with Crippen molar-refractivity contribution in [2.24, 2.45) is 0 Å². The summed E-state index contributed by atoms with van der Waals surface area (Å²) in [5.74, 6) is 0. The van der Waals surface area contributed by atoms with Crippen LogP contribution in [0, 0.1) is 0 Å². The van der Waals surface area contributed by atoms with E-state index in [-0.39, 0.29) is 13.2 Å². The van der Waals surface area contributed by atoms with Crippen molar-refractivity contribution in [2.45, 2.75) is 25.5 Å². The lowest BCUT2D eigenvalue weighted by molar-refractivity contribution is 0.0516. The molecule has 0 spiro atoms. The Hall–Kier alpha value is -0.260. The fourth-order valence-electron chi connectivity index (χ4n) is 0.662. The summed E-state index contributed by atoms with van der Waals surface area (Å²) in [6.45, 7) is 1.65. The normalized spacial score (nSPS) is 16.5. The van der Waals surface area contributed by atoms with Gasteiger partial charge in [0.05, 0.1) is 18.8 Å². The highest BCUT2D eigenvalue weighted by Crippen LogP contribution is 1.98. The number of alkyl halides is 2. The molecule has 2 N–H and O–H groups in total. The third-order valence-corrected chi connectivity index (χ3v) is 1.41. The van der Waals surface area contributed by atoms with Crippen LogP contribution in [0.25, 0.3) is 0 Å². The molecule has 3 nitrogen and oxygen atoms in total. The second-order valence-corrected chi connectivity index (χ2v) is 2.64. The Morgan fingerprint density at radius 1 is 1.50 bits per heavy atom. The monoisotopic (exact) mass is 183 g/mol. The van der Waals surface area contributed by atoms with Gasteiger partial charge in [0.1, 0.15) is 0 Å². The predicted molar refractivity (Wildman–Crippen MR) is 41.4 cm³/mol. The molecule has 0 aliphatic rings. The van der Waals surface area contributed by atoms with Crippen LogP contribution in [-0.4, -0.2) is 43.9 Å². The van der Waals surface area contributed by atoms with Gasteiger partial charge in [0, 0.05) is 13.7 Å². The second kappa shape index (κ2) is 6.28. The minimum atomic E-state index is -2.40. The van der Waals surface area contributed by atoms with E-state index in [4.69, 9.17) is 5.11 Å². The smallest absolute Gasteiger partial charge is 0.253 e. The highest BCUT2D eigenvalue weighted by atomic mass is 19.3. The lowest BCUT2D eigenvalue weighted by Gasteiger charge is -2.15. The van der Waals surface area contributed by atoms with E-state index in [0.717, 1.165) is 0 Å². The maximum absolute atomic E-state index is 11.9. The fraction of sp³-hybridized carbons (Fsp3) is 1.00. The van der Waals surface area contributed by atoms with Crippen LogP contribution in [0.15, 0.2) is 0 Å². The number of methoxy groups -OCH3 is 1. The van der Waals surface area contributed by atoms with Crippen molar-refractivity contribution in [3.05, 3.63) is 0 Å². The topological polar surface area (TPSA) is 41.5 Å². The van der Waals surface area contributed by atoms with Crippen LogP contribution >= 0.6 is 0 Å². The number of halogens is 2. The largest absolute Gasteiger partial charge is 0.389 e. The minimum Gasteiger partial charge on any atom is -0.389 e. The predicted octanol–water partition coefficient (Wildman–Crippen LogP) is 0.237. The summed E-state index contributed by atoms with van der Waals surface area (Å²) in [6, 6.07) is -0.892. The maximum atomic E-state index is 11.9. The van der Waals surface area contributed by atoms with Crippen molar-refractivity contribution in [2.75, 3.05) is 20.3 Å². The van der Waals surface area contributed by atoms with Crippen molar-refractivity contribution in [1.82, 2.24) is 5.32 Å². The van der Waals surface area contributed by atoms with E-state index in [1.807, 2.05) is 0 Å². The lowest BCUT2D eigenvalue weighted by Crippen LogP contribution is -2.39. The third-order valence-electron chi connectivity index (χ3n) is 1.41. The van der Waals surface area contributed by atoms with Crippen molar-refractivity contribution in [3.8, 4) is 0 Å². The first kappa shape index (κ1) is 11.7. The Morgan fingerprint density at radius 2 is 2.08 bits per heavy atom. The zero-order chi connectivity index (χ0) is 9.56.